The zero-order chi connectivity index (χ0) is 20.2. The molecule has 0 saturated carbocycles. The number of nitrogen functional groups attached to an aromatic ring is 2. The molecular formula is C16H22Cl4Cu2N4. The van der Waals surface area contributed by atoms with Gasteiger partial charge in [-0.15, -0.1) is 0 Å². The SMILES string of the molecule is C=CC[n+]1ccccc1N.C=CC[n+]1ccccc1N.[Cl][Cu-][Cl].[Cl][Cu-][Cl]. The normalized spacial score (nSPS) is 8.77. The molecule has 2 rings (SSSR count). The topological polar surface area (TPSA) is 59.8 Å². The summed E-state index contributed by atoms with van der Waals surface area (Å²) in [7, 11) is 18.7. The summed E-state index contributed by atoms with van der Waals surface area (Å²) in [6, 6.07) is 11.4. The van der Waals surface area contributed by atoms with Crippen LogP contribution in [0.2, 0.25) is 0 Å². The van der Waals surface area contributed by atoms with Gasteiger partial charge in [0.05, 0.1) is 12.4 Å². The van der Waals surface area contributed by atoms with E-state index in [9.17, 15) is 0 Å². The molecule has 0 bridgehead atoms. The summed E-state index contributed by atoms with van der Waals surface area (Å²) in [5.41, 5.74) is 11.2. The van der Waals surface area contributed by atoms with E-state index in [-0.39, 0.29) is 0 Å². The Morgan fingerprint density at radius 2 is 1.08 bits per heavy atom. The number of halogens is 4. The van der Waals surface area contributed by atoms with E-state index in [1.165, 1.54) is 0 Å². The van der Waals surface area contributed by atoms with Gasteiger partial charge in [-0.25, -0.2) is 9.13 Å². The molecular weight excluding hydrogens is 517 g/mol. The van der Waals surface area contributed by atoms with Gasteiger partial charge in [-0.2, -0.15) is 0 Å². The molecule has 0 aliphatic heterocycles. The van der Waals surface area contributed by atoms with Crippen molar-refractivity contribution in [3.05, 3.63) is 74.1 Å². The van der Waals surface area contributed by atoms with Crippen LogP contribution < -0.4 is 20.6 Å². The van der Waals surface area contributed by atoms with Crippen molar-refractivity contribution in [2.45, 2.75) is 13.1 Å². The summed E-state index contributed by atoms with van der Waals surface area (Å²) in [5, 5.41) is 0. The molecule has 0 atom stereocenters. The van der Waals surface area contributed by atoms with E-state index in [2.05, 4.69) is 53.5 Å². The summed E-state index contributed by atoms with van der Waals surface area (Å²) in [5.74, 6) is 1.53. The molecule has 2 heterocycles. The summed E-state index contributed by atoms with van der Waals surface area (Å²) in [6.45, 7) is 8.78. The Hall–Kier alpha value is -0.421. The second-order valence-corrected chi connectivity index (χ2v) is 7.33. The van der Waals surface area contributed by atoms with Gasteiger partial charge in [0.2, 0.25) is 0 Å². The second-order valence-electron chi connectivity index (χ2n) is 4.22. The third-order valence-corrected chi connectivity index (χ3v) is 2.60. The fraction of sp³-hybridized carbons (Fsp3) is 0.125. The first-order valence-electron chi connectivity index (χ1n) is 6.84. The number of nitrogens with zero attached hydrogens (tertiary/aromatic N) is 2. The van der Waals surface area contributed by atoms with E-state index in [4.69, 9.17) is 11.5 Å². The zero-order valence-corrected chi connectivity index (χ0v) is 18.7. The average Bonchev–Trinajstić information content (AvgIpc) is 2.61. The molecule has 0 spiro atoms. The van der Waals surface area contributed by atoms with Gasteiger partial charge in [-0.05, 0) is 12.1 Å². The van der Waals surface area contributed by atoms with Crippen LogP contribution in [0.1, 0.15) is 0 Å². The fourth-order valence-electron chi connectivity index (χ4n) is 1.59. The van der Waals surface area contributed by atoms with Gasteiger partial charge in [0.1, 0.15) is 13.1 Å². The van der Waals surface area contributed by atoms with Gasteiger partial charge < -0.3 is 0 Å². The Balaban J connectivity index is 0. The Bertz CT molecular complexity index is 565. The minimum absolute atomic E-state index is 0.757. The standard InChI is InChI=1S/2C8H10N2.4ClH.2Cu/c2*1-2-6-10-7-4-3-5-8(10)9;;;;;;/h2*2-5,7,9H,1,6H2;4*1H;;/q;;;;;;2*+1/p-2. The second kappa shape index (κ2) is 20.9. The molecule has 0 radical (unpaired) electrons. The number of anilines is 2. The summed E-state index contributed by atoms with van der Waals surface area (Å²) >= 11 is 1.51. The molecule has 4 nitrogen and oxygen atoms in total. The molecule has 0 unspecified atom stereocenters. The van der Waals surface area contributed by atoms with E-state index in [1.54, 1.807) is 0 Å². The minimum atomic E-state index is 0.757. The van der Waals surface area contributed by atoms with E-state index in [0.717, 1.165) is 51.0 Å². The molecule has 26 heavy (non-hydrogen) atoms. The van der Waals surface area contributed by atoms with Crippen LogP contribution in [-0.4, -0.2) is 0 Å². The number of hydrogen-bond donors (Lipinski definition) is 2. The summed E-state index contributed by atoms with van der Waals surface area (Å²) in [6.07, 6.45) is 7.49. The molecule has 0 fully saturated rings. The number of allylic oxidation sites excluding steroid dienone is 2. The van der Waals surface area contributed by atoms with Crippen molar-refractivity contribution >= 4 is 52.0 Å². The van der Waals surface area contributed by atoms with Crippen LogP contribution in [0.4, 0.5) is 11.6 Å². The molecule has 10 heteroatoms. The first kappa shape index (κ1) is 27.8. The van der Waals surface area contributed by atoms with Crippen molar-refractivity contribution in [1.29, 1.82) is 0 Å². The van der Waals surface area contributed by atoms with Crippen LogP contribution in [0, 0.1) is 0 Å². The third-order valence-electron chi connectivity index (χ3n) is 2.60. The van der Waals surface area contributed by atoms with E-state index in [0.29, 0.717) is 0 Å². The number of nitrogens with two attached hydrogens (primary N) is 2. The number of rotatable bonds is 4. The Labute approximate surface area is 185 Å². The Kier molecular flexibility index (Phi) is 22.3. The van der Waals surface area contributed by atoms with Gasteiger partial charge >= 0.3 is 66.7 Å². The summed E-state index contributed by atoms with van der Waals surface area (Å²) in [4.78, 5) is 0. The van der Waals surface area contributed by atoms with Gasteiger partial charge in [-0.3, -0.25) is 11.5 Å². The van der Waals surface area contributed by atoms with Gasteiger partial charge in [0.25, 0.3) is 11.6 Å². The van der Waals surface area contributed by atoms with Crippen LogP contribution in [0.25, 0.3) is 0 Å². The molecule has 0 aromatic carbocycles. The van der Waals surface area contributed by atoms with E-state index < -0.39 is 0 Å². The maximum atomic E-state index is 5.62. The maximum absolute atomic E-state index is 5.62. The van der Waals surface area contributed by atoms with Crippen molar-refractivity contribution in [1.82, 2.24) is 0 Å². The van der Waals surface area contributed by atoms with Crippen LogP contribution in [0.3, 0.4) is 0 Å². The molecule has 0 amide bonds. The van der Waals surface area contributed by atoms with Crippen molar-refractivity contribution < 1.29 is 35.4 Å². The van der Waals surface area contributed by atoms with Crippen molar-refractivity contribution in [3.63, 3.8) is 0 Å². The predicted molar refractivity (Wildman–Crippen MR) is 106 cm³/mol. The summed E-state index contributed by atoms with van der Waals surface area (Å²) < 4.78 is 3.85. The average molecular weight is 539 g/mol. The third kappa shape index (κ3) is 15.8. The van der Waals surface area contributed by atoms with Crippen molar-refractivity contribution in [2.75, 3.05) is 11.5 Å². The van der Waals surface area contributed by atoms with Crippen molar-refractivity contribution in [3.8, 4) is 0 Å². The monoisotopic (exact) mass is 536 g/mol. The Morgan fingerprint density at radius 1 is 0.769 bits per heavy atom. The van der Waals surface area contributed by atoms with Crippen molar-refractivity contribution in [2.24, 2.45) is 0 Å². The van der Waals surface area contributed by atoms with Crippen LogP contribution >= 0.6 is 40.4 Å². The number of pyridine rings is 2. The molecule has 2 aromatic heterocycles. The quantitative estimate of drug-likeness (QED) is 0.347. The predicted octanol–water partition coefficient (Wildman–Crippen LogP) is 4.24. The first-order chi connectivity index (χ1) is 12.5. The molecule has 156 valence electrons. The van der Waals surface area contributed by atoms with Gasteiger partial charge in [-0.1, -0.05) is 37.4 Å². The molecule has 4 N–H and O–H groups in total. The van der Waals surface area contributed by atoms with Gasteiger partial charge in [0, 0.05) is 12.1 Å². The Morgan fingerprint density at radius 3 is 1.31 bits per heavy atom. The van der Waals surface area contributed by atoms with Crippen LogP contribution in [-0.2, 0) is 39.4 Å². The number of hydrogen-bond acceptors (Lipinski definition) is 2. The first-order valence-corrected chi connectivity index (χ1v) is 12.0. The fourth-order valence-corrected chi connectivity index (χ4v) is 1.59. The molecule has 0 aliphatic carbocycles. The van der Waals surface area contributed by atoms with Crippen LogP contribution in [0.15, 0.2) is 74.1 Å². The number of aromatic nitrogens is 2. The van der Waals surface area contributed by atoms with Crippen LogP contribution in [0.5, 0.6) is 0 Å². The molecule has 2 aromatic rings. The molecule has 0 aliphatic rings. The van der Waals surface area contributed by atoms with E-state index in [1.807, 2.05) is 70.1 Å². The van der Waals surface area contributed by atoms with Gasteiger partial charge in [0.15, 0.2) is 0 Å². The van der Waals surface area contributed by atoms with E-state index >= 15 is 0 Å². The molecule has 0 saturated heterocycles. The zero-order valence-electron chi connectivity index (χ0n) is 13.8.